The Labute approximate surface area is 124 Å². The molecule has 0 radical (unpaired) electrons. The van der Waals surface area contributed by atoms with Crippen LogP contribution in [0.1, 0.15) is 43.7 Å². The third-order valence-corrected chi connectivity index (χ3v) is 4.47. The predicted octanol–water partition coefficient (Wildman–Crippen LogP) is 4.64. The summed E-state index contributed by atoms with van der Waals surface area (Å²) in [6.45, 7) is 4.02. The van der Waals surface area contributed by atoms with E-state index in [2.05, 4.69) is 11.4 Å². The molecule has 1 nitrogen and oxygen atoms in total. The van der Waals surface area contributed by atoms with E-state index in [-0.39, 0.29) is 12.5 Å². The second kappa shape index (κ2) is 6.82. The van der Waals surface area contributed by atoms with Gasteiger partial charge in [-0.15, -0.1) is 0 Å². The molecule has 118 valence electrons. The minimum absolute atomic E-state index is 0.0547. The maximum atomic E-state index is 13.1. The first-order valence-corrected chi connectivity index (χ1v) is 7.75. The van der Waals surface area contributed by atoms with E-state index in [1.807, 2.05) is 32.0 Å². The van der Waals surface area contributed by atoms with Crippen molar-refractivity contribution in [3.63, 3.8) is 0 Å². The van der Waals surface area contributed by atoms with Gasteiger partial charge in [-0.05, 0) is 44.2 Å². The van der Waals surface area contributed by atoms with E-state index in [4.69, 9.17) is 0 Å². The highest BCUT2D eigenvalue weighted by molar-refractivity contribution is 5.26. The molecule has 1 aliphatic rings. The summed E-state index contributed by atoms with van der Waals surface area (Å²) in [5.74, 6) is -1.19. The zero-order chi connectivity index (χ0) is 15.5. The zero-order valence-electron chi connectivity index (χ0n) is 12.7. The fourth-order valence-corrected chi connectivity index (χ4v) is 3.32. The van der Waals surface area contributed by atoms with Crippen molar-refractivity contribution in [2.24, 2.45) is 5.92 Å². The molecule has 0 aromatic heterocycles. The van der Waals surface area contributed by atoms with Crippen molar-refractivity contribution < 1.29 is 13.2 Å². The summed E-state index contributed by atoms with van der Waals surface area (Å²) in [6, 6.07) is 7.68. The van der Waals surface area contributed by atoms with Gasteiger partial charge in [-0.1, -0.05) is 37.1 Å². The Morgan fingerprint density at radius 2 is 1.86 bits per heavy atom. The van der Waals surface area contributed by atoms with E-state index < -0.39 is 18.1 Å². The smallest absolute Gasteiger partial charge is 0.311 e. The van der Waals surface area contributed by atoms with Gasteiger partial charge in [0.05, 0.1) is 5.92 Å². The molecule has 1 fully saturated rings. The van der Waals surface area contributed by atoms with Crippen molar-refractivity contribution in [3.05, 3.63) is 35.4 Å². The lowest BCUT2D eigenvalue weighted by Gasteiger charge is -2.35. The molecule has 1 aromatic carbocycles. The lowest BCUT2D eigenvalue weighted by molar-refractivity contribution is -0.189. The van der Waals surface area contributed by atoms with Gasteiger partial charge in [0.15, 0.2) is 0 Å². The number of aryl methyl sites for hydroxylation is 1. The molecule has 3 unspecified atom stereocenters. The van der Waals surface area contributed by atoms with Crippen LogP contribution in [0.2, 0.25) is 0 Å². The molecule has 0 saturated heterocycles. The van der Waals surface area contributed by atoms with Crippen LogP contribution in [0.5, 0.6) is 0 Å². The maximum absolute atomic E-state index is 13.1. The summed E-state index contributed by atoms with van der Waals surface area (Å²) in [5, 5.41) is 3.23. The molecular weight excluding hydrogens is 275 g/mol. The van der Waals surface area contributed by atoms with Crippen LogP contribution in [0.4, 0.5) is 13.2 Å². The minimum Gasteiger partial charge on any atom is -0.311 e. The number of halogens is 3. The van der Waals surface area contributed by atoms with Crippen LogP contribution < -0.4 is 5.32 Å². The SMILES string of the molecule is Cc1ccccc1CC(C)NC1CCCCC1C(F)(F)F. The lowest BCUT2D eigenvalue weighted by atomic mass is 9.83. The highest BCUT2D eigenvalue weighted by atomic mass is 19.4. The van der Waals surface area contributed by atoms with E-state index in [0.29, 0.717) is 12.8 Å². The van der Waals surface area contributed by atoms with Crippen molar-refractivity contribution in [2.45, 2.75) is 64.2 Å². The molecule has 2 rings (SSSR count). The Bertz CT molecular complexity index is 456. The van der Waals surface area contributed by atoms with Gasteiger partial charge in [0.1, 0.15) is 0 Å². The summed E-state index contributed by atoms with van der Waals surface area (Å²) >= 11 is 0. The van der Waals surface area contributed by atoms with Crippen molar-refractivity contribution in [1.29, 1.82) is 0 Å². The molecule has 4 heteroatoms. The molecule has 0 heterocycles. The first-order chi connectivity index (χ1) is 9.88. The second-order valence-corrected chi connectivity index (χ2v) is 6.24. The standard InChI is InChI=1S/C17H24F3N/c1-12-7-3-4-8-14(12)11-13(2)21-16-10-6-5-9-15(16)17(18,19)20/h3-4,7-8,13,15-16,21H,5-6,9-11H2,1-2H3. The minimum atomic E-state index is -4.08. The van der Waals surface area contributed by atoms with E-state index >= 15 is 0 Å². The average molecular weight is 299 g/mol. The Hall–Kier alpha value is -1.03. The zero-order valence-corrected chi connectivity index (χ0v) is 12.7. The fraction of sp³-hybridized carbons (Fsp3) is 0.647. The Morgan fingerprint density at radius 1 is 1.19 bits per heavy atom. The van der Waals surface area contributed by atoms with Gasteiger partial charge in [0.2, 0.25) is 0 Å². The largest absolute Gasteiger partial charge is 0.393 e. The predicted molar refractivity (Wildman–Crippen MR) is 79.3 cm³/mol. The van der Waals surface area contributed by atoms with Gasteiger partial charge in [0.25, 0.3) is 0 Å². The molecule has 1 N–H and O–H groups in total. The molecule has 3 atom stereocenters. The van der Waals surface area contributed by atoms with E-state index in [9.17, 15) is 13.2 Å². The number of hydrogen-bond donors (Lipinski definition) is 1. The van der Waals surface area contributed by atoms with Gasteiger partial charge in [-0.2, -0.15) is 13.2 Å². The van der Waals surface area contributed by atoms with E-state index in [1.54, 1.807) is 0 Å². The van der Waals surface area contributed by atoms with Crippen LogP contribution in [0.25, 0.3) is 0 Å². The normalized spacial score (nSPS) is 24.8. The Morgan fingerprint density at radius 3 is 2.52 bits per heavy atom. The molecule has 0 aliphatic heterocycles. The average Bonchev–Trinajstić information content (AvgIpc) is 2.41. The number of benzene rings is 1. The monoisotopic (exact) mass is 299 g/mol. The lowest BCUT2D eigenvalue weighted by Crippen LogP contribution is -2.49. The highest BCUT2D eigenvalue weighted by Crippen LogP contribution is 2.37. The number of rotatable bonds is 4. The fourth-order valence-electron chi connectivity index (χ4n) is 3.32. The number of hydrogen-bond acceptors (Lipinski definition) is 1. The van der Waals surface area contributed by atoms with Crippen molar-refractivity contribution >= 4 is 0 Å². The first kappa shape index (κ1) is 16.3. The van der Waals surface area contributed by atoms with Crippen LogP contribution >= 0.6 is 0 Å². The summed E-state index contributed by atoms with van der Waals surface area (Å²) in [7, 11) is 0. The first-order valence-electron chi connectivity index (χ1n) is 7.75. The topological polar surface area (TPSA) is 12.0 Å². The summed E-state index contributed by atoms with van der Waals surface area (Å²) in [5.41, 5.74) is 2.40. The van der Waals surface area contributed by atoms with Gasteiger partial charge in [-0.3, -0.25) is 0 Å². The van der Waals surface area contributed by atoms with Gasteiger partial charge < -0.3 is 5.32 Å². The number of nitrogens with one attached hydrogen (secondary N) is 1. The molecule has 1 aliphatic carbocycles. The third kappa shape index (κ3) is 4.47. The van der Waals surface area contributed by atoms with Crippen LogP contribution in [-0.4, -0.2) is 18.3 Å². The quantitative estimate of drug-likeness (QED) is 0.854. The van der Waals surface area contributed by atoms with Gasteiger partial charge in [-0.25, -0.2) is 0 Å². The molecule has 0 bridgehead atoms. The van der Waals surface area contributed by atoms with Gasteiger partial charge >= 0.3 is 6.18 Å². The van der Waals surface area contributed by atoms with Crippen LogP contribution in [0.3, 0.4) is 0 Å². The summed E-state index contributed by atoms with van der Waals surface area (Å²) in [6.07, 6.45) is -0.843. The molecule has 21 heavy (non-hydrogen) atoms. The highest BCUT2D eigenvalue weighted by Gasteiger charge is 2.45. The second-order valence-electron chi connectivity index (χ2n) is 6.24. The Kier molecular flexibility index (Phi) is 5.31. The molecule has 0 spiro atoms. The number of alkyl halides is 3. The van der Waals surface area contributed by atoms with E-state index in [1.165, 1.54) is 11.1 Å². The molecule has 1 saturated carbocycles. The molecular formula is C17H24F3N. The molecule has 1 aromatic rings. The van der Waals surface area contributed by atoms with E-state index in [0.717, 1.165) is 12.8 Å². The maximum Gasteiger partial charge on any atom is 0.393 e. The Balaban J connectivity index is 1.97. The summed E-state index contributed by atoms with van der Waals surface area (Å²) in [4.78, 5) is 0. The molecule has 0 amide bonds. The van der Waals surface area contributed by atoms with Crippen LogP contribution in [-0.2, 0) is 6.42 Å². The third-order valence-electron chi connectivity index (χ3n) is 4.47. The van der Waals surface area contributed by atoms with Crippen LogP contribution in [0.15, 0.2) is 24.3 Å². The van der Waals surface area contributed by atoms with Crippen LogP contribution in [0, 0.1) is 12.8 Å². The van der Waals surface area contributed by atoms with Crippen molar-refractivity contribution in [2.75, 3.05) is 0 Å². The van der Waals surface area contributed by atoms with Gasteiger partial charge in [0, 0.05) is 12.1 Å². The van der Waals surface area contributed by atoms with Crippen molar-refractivity contribution in [1.82, 2.24) is 5.32 Å². The summed E-state index contributed by atoms with van der Waals surface area (Å²) < 4.78 is 39.3. The van der Waals surface area contributed by atoms with Crippen molar-refractivity contribution in [3.8, 4) is 0 Å².